The molecule has 8 heteroatoms. The smallest absolute Gasteiger partial charge is 0.412 e. The molecule has 1 heterocycles. The number of nitrogens with zero attached hydrogens (tertiary/aromatic N) is 2. The normalized spacial score (nSPS) is 15.9. The molecular weight excluding hydrogens is 370 g/mol. The van der Waals surface area contributed by atoms with Gasteiger partial charge < -0.3 is 9.84 Å². The molecule has 0 saturated heterocycles. The summed E-state index contributed by atoms with van der Waals surface area (Å²) in [5.41, 5.74) is 5.73. The number of nitrogens with one attached hydrogen (secondary N) is 1. The minimum absolute atomic E-state index is 0.111. The van der Waals surface area contributed by atoms with E-state index in [1.54, 1.807) is 0 Å². The van der Waals surface area contributed by atoms with Crippen molar-refractivity contribution in [2.24, 2.45) is 0 Å². The maximum absolute atomic E-state index is 12.5. The van der Waals surface area contributed by atoms with Gasteiger partial charge in [-0.3, -0.25) is 10.00 Å². The zero-order chi connectivity index (χ0) is 19.0. The summed E-state index contributed by atoms with van der Waals surface area (Å²) in [6.45, 7) is -0.111. The molecule has 2 aliphatic carbocycles. The second-order valence-electron chi connectivity index (χ2n) is 6.97. The lowest BCUT2D eigenvalue weighted by atomic mass is 9.99. The maximum atomic E-state index is 12.5. The number of carboxylic acid groups (broad SMARTS) is 1. The third-order valence-corrected chi connectivity index (χ3v) is 5.37. The van der Waals surface area contributed by atoms with Gasteiger partial charge in [-0.1, -0.05) is 17.7 Å². The first kappa shape index (κ1) is 17.9. The Morgan fingerprint density at radius 2 is 1.89 bits per heavy atom. The first-order valence-electron chi connectivity index (χ1n) is 9.06. The molecule has 0 spiro atoms. The van der Waals surface area contributed by atoms with Crippen molar-refractivity contribution in [3.05, 3.63) is 45.7 Å². The van der Waals surface area contributed by atoms with E-state index in [9.17, 15) is 14.7 Å². The van der Waals surface area contributed by atoms with Crippen LogP contribution in [0.3, 0.4) is 0 Å². The number of carbonyl (C=O) groups excluding carboxylic acids is 1. The van der Waals surface area contributed by atoms with Crippen LogP contribution in [0.1, 0.15) is 35.1 Å². The minimum Gasteiger partial charge on any atom is -0.478 e. The standard InChI is InChI=1S/C19H20ClN3O4/c20-13-8-21-23(9-13)10-16(18(24)25)27-19(26)22-17-14-5-1-3-11(14)7-12-4-2-6-15(12)17/h7-9,16H,1-6,10H2,(H,22,26)(H,24,25)/t16-/m1/s1. The second kappa shape index (κ2) is 7.23. The van der Waals surface area contributed by atoms with Crippen LogP contribution in [-0.2, 0) is 41.8 Å². The lowest BCUT2D eigenvalue weighted by Crippen LogP contribution is -2.33. The summed E-state index contributed by atoms with van der Waals surface area (Å²) in [7, 11) is 0. The molecule has 1 amide bonds. The zero-order valence-corrected chi connectivity index (χ0v) is 15.5. The fourth-order valence-corrected chi connectivity index (χ4v) is 4.16. The van der Waals surface area contributed by atoms with E-state index < -0.39 is 18.2 Å². The molecule has 0 aliphatic heterocycles. The predicted octanol–water partition coefficient (Wildman–Crippen LogP) is 3.22. The summed E-state index contributed by atoms with van der Waals surface area (Å²) >= 11 is 5.79. The number of carbonyl (C=O) groups is 2. The number of aryl methyl sites for hydroxylation is 2. The number of ether oxygens (including phenoxy) is 1. The van der Waals surface area contributed by atoms with Gasteiger partial charge in [0, 0.05) is 6.20 Å². The van der Waals surface area contributed by atoms with Crippen molar-refractivity contribution in [2.75, 3.05) is 5.32 Å². The van der Waals surface area contributed by atoms with Gasteiger partial charge in [0.15, 0.2) is 0 Å². The number of benzene rings is 1. The molecule has 1 atom stereocenters. The van der Waals surface area contributed by atoms with Crippen LogP contribution in [0, 0.1) is 0 Å². The van der Waals surface area contributed by atoms with Gasteiger partial charge in [-0.2, -0.15) is 5.10 Å². The lowest BCUT2D eigenvalue weighted by Gasteiger charge is -2.18. The van der Waals surface area contributed by atoms with Gasteiger partial charge in [0.2, 0.25) is 6.10 Å². The summed E-state index contributed by atoms with van der Waals surface area (Å²) < 4.78 is 6.53. The monoisotopic (exact) mass is 389 g/mol. The van der Waals surface area contributed by atoms with Gasteiger partial charge >= 0.3 is 12.1 Å². The van der Waals surface area contributed by atoms with E-state index in [4.69, 9.17) is 16.3 Å². The van der Waals surface area contributed by atoms with Crippen LogP contribution in [0.2, 0.25) is 5.02 Å². The highest BCUT2D eigenvalue weighted by Crippen LogP contribution is 2.38. The van der Waals surface area contributed by atoms with Gasteiger partial charge in [0.1, 0.15) is 0 Å². The molecule has 27 heavy (non-hydrogen) atoms. The summed E-state index contributed by atoms with van der Waals surface area (Å²) in [6, 6.07) is 2.27. The van der Waals surface area contributed by atoms with E-state index in [1.807, 2.05) is 0 Å². The van der Waals surface area contributed by atoms with E-state index in [2.05, 4.69) is 16.5 Å². The van der Waals surface area contributed by atoms with Crippen LogP contribution < -0.4 is 5.32 Å². The number of aromatic nitrogens is 2. The first-order chi connectivity index (χ1) is 13.0. The lowest BCUT2D eigenvalue weighted by molar-refractivity contribution is -0.147. The van der Waals surface area contributed by atoms with Crippen molar-refractivity contribution in [3.8, 4) is 0 Å². The summed E-state index contributed by atoms with van der Waals surface area (Å²) in [5, 5.41) is 16.5. The van der Waals surface area contributed by atoms with Crippen molar-refractivity contribution in [3.63, 3.8) is 0 Å². The fourth-order valence-electron chi connectivity index (χ4n) is 4.00. The summed E-state index contributed by atoms with van der Waals surface area (Å²) in [6.07, 6.45) is 6.79. The Morgan fingerprint density at radius 1 is 1.22 bits per heavy atom. The van der Waals surface area contributed by atoms with Crippen molar-refractivity contribution < 1.29 is 19.4 Å². The molecule has 4 rings (SSSR count). The topological polar surface area (TPSA) is 93.5 Å². The van der Waals surface area contributed by atoms with E-state index in [0.717, 1.165) is 44.2 Å². The minimum atomic E-state index is -1.36. The average molecular weight is 390 g/mol. The third kappa shape index (κ3) is 3.64. The SMILES string of the molecule is O=C(Nc1c2c(cc3c1CCC3)CCC2)O[C@H](Cn1cc(Cl)cn1)C(=O)O. The van der Waals surface area contributed by atoms with E-state index >= 15 is 0 Å². The zero-order valence-electron chi connectivity index (χ0n) is 14.7. The quantitative estimate of drug-likeness (QED) is 0.818. The van der Waals surface area contributed by atoms with E-state index in [-0.39, 0.29) is 6.54 Å². The molecule has 1 aromatic carbocycles. The van der Waals surface area contributed by atoms with Crippen molar-refractivity contribution in [1.29, 1.82) is 0 Å². The highest BCUT2D eigenvalue weighted by atomic mass is 35.5. The molecule has 7 nitrogen and oxygen atoms in total. The first-order valence-corrected chi connectivity index (χ1v) is 9.44. The Balaban J connectivity index is 1.51. The van der Waals surface area contributed by atoms with Crippen LogP contribution in [0.5, 0.6) is 0 Å². The van der Waals surface area contributed by atoms with Crippen molar-refractivity contribution >= 4 is 29.4 Å². The maximum Gasteiger partial charge on any atom is 0.412 e. The highest BCUT2D eigenvalue weighted by Gasteiger charge is 2.28. The van der Waals surface area contributed by atoms with Crippen LogP contribution >= 0.6 is 11.6 Å². The molecule has 2 aliphatic rings. The van der Waals surface area contributed by atoms with Gasteiger partial charge in [0.25, 0.3) is 0 Å². The average Bonchev–Trinajstić information content (AvgIpc) is 3.34. The Hall–Kier alpha value is -2.54. The van der Waals surface area contributed by atoms with Crippen LogP contribution in [0.15, 0.2) is 18.5 Å². The molecule has 0 fully saturated rings. The van der Waals surface area contributed by atoms with Gasteiger partial charge in [-0.05, 0) is 60.8 Å². The Kier molecular flexibility index (Phi) is 4.78. The summed E-state index contributed by atoms with van der Waals surface area (Å²) in [4.78, 5) is 24.0. The van der Waals surface area contributed by atoms with E-state index in [0.29, 0.717) is 5.02 Å². The Morgan fingerprint density at radius 3 is 2.44 bits per heavy atom. The van der Waals surface area contributed by atoms with Gasteiger partial charge in [0.05, 0.1) is 23.5 Å². The number of aliphatic carboxylic acids is 1. The number of anilines is 1. The Labute approximate surface area is 161 Å². The number of amides is 1. The molecule has 0 bridgehead atoms. The molecule has 142 valence electrons. The van der Waals surface area contributed by atoms with Crippen LogP contribution in [0.25, 0.3) is 0 Å². The van der Waals surface area contributed by atoms with Crippen molar-refractivity contribution in [2.45, 2.75) is 51.2 Å². The third-order valence-electron chi connectivity index (χ3n) is 5.18. The Bertz CT molecular complexity index is 876. The van der Waals surface area contributed by atoms with Crippen molar-refractivity contribution in [1.82, 2.24) is 9.78 Å². The number of fused-ring (bicyclic) bond motifs is 2. The molecule has 2 aromatic rings. The predicted molar refractivity (Wildman–Crippen MR) is 99.3 cm³/mol. The van der Waals surface area contributed by atoms with Crippen LogP contribution in [-0.4, -0.2) is 33.1 Å². The fraction of sp³-hybridized carbons (Fsp3) is 0.421. The molecular formula is C19H20ClN3O4. The molecule has 0 unspecified atom stereocenters. The van der Waals surface area contributed by atoms with E-state index in [1.165, 1.54) is 39.3 Å². The molecule has 0 radical (unpaired) electrons. The van der Waals surface area contributed by atoms with Gasteiger partial charge in [-0.15, -0.1) is 0 Å². The number of halogens is 1. The number of hydrogen-bond acceptors (Lipinski definition) is 4. The number of carboxylic acids is 1. The largest absolute Gasteiger partial charge is 0.478 e. The molecule has 1 aromatic heterocycles. The second-order valence-corrected chi connectivity index (χ2v) is 7.41. The highest BCUT2D eigenvalue weighted by molar-refractivity contribution is 6.30. The van der Waals surface area contributed by atoms with Crippen LogP contribution in [0.4, 0.5) is 10.5 Å². The molecule has 0 saturated carbocycles. The van der Waals surface area contributed by atoms with Gasteiger partial charge in [-0.25, -0.2) is 9.59 Å². The molecule has 2 N–H and O–H groups in total. The number of hydrogen-bond donors (Lipinski definition) is 2. The summed E-state index contributed by atoms with van der Waals surface area (Å²) in [5.74, 6) is -1.24. The number of rotatable bonds is 5.